The van der Waals surface area contributed by atoms with Crippen molar-refractivity contribution in [1.82, 2.24) is 5.32 Å². The fourth-order valence-electron chi connectivity index (χ4n) is 1.98. The molecule has 0 spiro atoms. The first-order chi connectivity index (χ1) is 12.0. The molecule has 0 aliphatic rings. The molecule has 0 aliphatic carbocycles. The number of rotatable bonds is 11. The Morgan fingerprint density at radius 1 is 1.16 bits per heavy atom. The quantitative estimate of drug-likeness (QED) is 0.369. The van der Waals surface area contributed by atoms with E-state index in [1.54, 1.807) is 13.2 Å². The topological polar surface area (TPSA) is 64.6 Å². The summed E-state index contributed by atoms with van der Waals surface area (Å²) in [6, 6.07) is 7.38. The summed E-state index contributed by atoms with van der Waals surface area (Å²) in [7, 11) is 1.61. The first-order valence-corrected chi connectivity index (χ1v) is 8.52. The third-order valence-corrected chi connectivity index (χ3v) is 3.55. The van der Waals surface area contributed by atoms with Gasteiger partial charge in [0.25, 0.3) is 5.91 Å². The van der Waals surface area contributed by atoms with Crippen LogP contribution in [-0.4, -0.2) is 32.1 Å². The maximum absolute atomic E-state index is 11.6. The Morgan fingerprint density at radius 3 is 2.48 bits per heavy atom. The van der Waals surface area contributed by atoms with Crippen molar-refractivity contribution < 1.29 is 19.1 Å². The van der Waals surface area contributed by atoms with Crippen molar-refractivity contribution in [2.24, 2.45) is 0 Å². The third kappa shape index (κ3) is 9.57. The Labute approximate surface area is 153 Å². The lowest BCUT2D eigenvalue weighted by Gasteiger charge is -2.04. The molecule has 0 saturated carbocycles. The molecule has 25 heavy (non-hydrogen) atoms. The van der Waals surface area contributed by atoms with E-state index in [0.29, 0.717) is 13.2 Å². The monoisotopic (exact) mass is 365 g/mol. The second-order valence-electron chi connectivity index (χ2n) is 5.35. The SMILES string of the molecule is C=C(Cl)C(=O)NCCCCCCOC(=O)/C=C/c1ccc(OC)cc1. The highest BCUT2D eigenvalue weighted by molar-refractivity contribution is 6.41. The second kappa shape index (κ2) is 12.1. The van der Waals surface area contributed by atoms with E-state index >= 15 is 0 Å². The normalized spacial score (nSPS) is 10.5. The number of carbonyl (C=O) groups excluding carboxylic acids is 2. The summed E-state index contributed by atoms with van der Waals surface area (Å²) in [6.07, 6.45) is 6.62. The molecule has 1 aromatic rings. The number of hydrogen-bond donors (Lipinski definition) is 1. The van der Waals surface area contributed by atoms with Gasteiger partial charge in [0.15, 0.2) is 0 Å². The molecule has 0 fully saturated rings. The van der Waals surface area contributed by atoms with Crippen LogP contribution in [0.2, 0.25) is 0 Å². The Morgan fingerprint density at radius 2 is 1.84 bits per heavy atom. The molecule has 0 heterocycles. The second-order valence-corrected chi connectivity index (χ2v) is 5.81. The first kappa shape index (κ1) is 20.8. The number of carbonyl (C=O) groups is 2. The minimum Gasteiger partial charge on any atom is -0.497 e. The predicted molar refractivity (Wildman–Crippen MR) is 99.5 cm³/mol. The van der Waals surface area contributed by atoms with Crippen LogP contribution in [0.3, 0.4) is 0 Å². The van der Waals surface area contributed by atoms with Crippen LogP contribution in [0.25, 0.3) is 6.08 Å². The lowest BCUT2D eigenvalue weighted by Crippen LogP contribution is -2.23. The van der Waals surface area contributed by atoms with E-state index in [1.165, 1.54) is 6.08 Å². The van der Waals surface area contributed by atoms with E-state index in [1.807, 2.05) is 24.3 Å². The Hall–Kier alpha value is -2.27. The van der Waals surface area contributed by atoms with Gasteiger partial charge in [0, 0.05) is 12.6 Å². The maximum atomic E-state index is 11.6. The van der Waals surface area contributed by atoms with Crippen LogP contribution < -0.4 is 10.1 Å². The molecule has 5 nitrogen and oxygen atoms in total. The highest BCUT2D eigenvalue weighted by atomic mass is 35.5. The van der Waals surface area contributed by atoms with Gasteiger partial charge >= 0.3 is 5.97 Å². The van der Waals surface area contributed by atoms with Gasteiger partial charge in [0.05, 0.1) is 18.7 Å². The maximum Gasteiger partial charge on any atom is 0.330 e. The lowest BCUT2D eigenvalue weighted by molar-refractivity contribution is -0.137. The highest BCUT2D eigenvalue weighted by Gasteiger charge is 2.02. The number of methoxy groups -OCH3 is 1. The summed E-state index contributed by atoms with van der Waals surface area (Å²) in [5.74, 6) is 0.0785. The summed E-state index contributed by atoms with van der Waals surface area (Å²) in [5.41, 5.74) is 0.902. The van der Waals surface area contributed by atoms with Crippen LogP contribution in [-0.2, 0) is 14.3 Å². The van der Waals surface area contributed by atoms with Crippen molar-refractivity contribution in [3.63, 3.8) is 0 Å². The number of ether oxygens (including phenoxy) is 2. The van der Waals surface area contributed by atoms with Crippen molar-refractivity contribution >= 4 is 29.6 Å². The number of nitrogens with one attached hydrogen (secondary N) is 1. The summed E-state index contributed by atoms with van der Waals surface area (Å²) in [5, 5.41) is 2.65. The molecule has 0 atom stereocenters. The van der Waals surface area contributed by atoms with Gasteiger partial charge in [-0.2, -0.15) is 0 Å². The number of esters is 1. The summed E-state index contributed by atoms with van der Waals surface area (Å²) < 4.78 is 10.2. The zero-order chi connectivity index (χ0) is 18.5. The molecular formula is C19H24ClNO4. The summed E-state index contributed by atoms with van der Waals surface area (Å²) >= 11 is 5.45. The molecule has 1 aromatic carbocycles. The highest BCUT2D eigenvalue weighted by Crippen LogP contribution is 2.12. The zero-order valence-electron chi connectivity index (χ0n) is 14.4. The molecule has 0 unspecified atom stereocenters. The number of hydrogen-bond acceptors (Lipinski definition) is 4. The van der Waals surface area contributed by atoms with Crippen LogP contribution >= 0.6 is 11.6 Å². The van der Waals surface area contributed by atoms with Gasteiger partial charge in [0.2, 0.25) is 0 Å². The van der Waals surface area contributed by atoms with E-state index in [2.05, 4.69) is 11.9 Å². The van der Waals surface area contributed by atoms with E-state index in [0.717, 1.165) is 37.0 Å². The zero-order valence-corrected chi connectivity index (χ0v) is 15.2. The molecule has 0 aliphatic heterocycles. The Balaban J connectivity index is 2.07. The van der Waals surface area contributed by atoms with Crippen LogP contribution in [0.15, 0.2) is 42.0 Å². The minimum atomic E-state index is -0.358. The average molecular weight is 366 g/mol. The molecule has 0 bridgehead atoms. The van der Waals surface area contributed by atoms with Gasteiger partial charge < -0.3 is 14.8 Å². The number of benzene rings is 1. The van der Waals surface area contributed by atoms with E-state index < -0.39 is 0 Å². The van der Waals surface area contributed by atoms with Crippen LogP contribution in [0, 0.1) is 0 Å². The molecule has 0 saturated heterocycles. The fourth-order valence-corrected chi connectivity index (χ4v) is 2.05. The number of amides is 1. The van der Waals surface area contributed by atoms with Gasteiger partial charge in [-0.1, -0.05) is 36.7 Å². The van der Waals surface area contributed by atoms with Crippen molar-refractivity contribution in [3.05, 3.63) is 47.5 Å². The van der Waals surface area contributed by atoms with Crippen LogP contribution in [0.1, 0.15) is 31.2 Å². The fraction of sp³-hybridized carbons (Fsp3) is 0.368. The largest absolute Gasteiger partial charge is 0.497 e. The molecule has 1 rings (SSSR count). The van der Waals surface area contributed by atoms with Gasteiger partial charge in [-0.25, -0.2) is 4.79 Å². The summed E-state index contributed by atoms with van der Waals surface area (Å²) in [6.45, 7) is 4.30. The molecule has 0 radical (unpaired) electrons. The Bertz CT molecular complexity index is 596. The first-order valence-electron chi connectivity index (χ1n) is 8.14. The van der Waals surface area contributed by atoms with Gasteiger partial charge in [-0.3, -0.25) is 4.79 Å². The van der Waals surface area contributed by atoms with Crippen LogP contribution in [0.4, 0.5) is 0 Å². The van der Waals surface area contributed by atoms with E-state index in [4.69, 9.17) is 21.1 Å². The molecule has 1 N–H and O–H groups in total. The van der Waals surface area contributed by atoms with Crippen molar-refractivity contribution in [3.8, 4) is 5.75 Å². The van der Waals surface area contributed by atoms with Gasteiger partial charge in [-0.15, -0.1) is 0 Å². The molecule has 6 heteroatoms. The van der Waals surface area contributed by atoms with E-state index in [9.17, 15) is 9.59 Å². The van der Waals surface area contributed by atoms with Gasteiger partial charge in [-0.05, 0) is 43.0 Å². The summed E-state index contributed by atoms with van der Waals surface area (Å²) in [4.78, 5) is 22.7. The standard InChI is InChI=1S/C19H24ClNO4/c1-15(20)19(23)21-13-5-3-4-6-14-25-18(22)12-9-16-7-10-17(24-2)11-8-16/h7-12H,1,3-6,13-14H2,2H3,(H,21,23)/b12-9+. The molecule has 136 valence electrons. The minimum absolute atomic E-state index is 0.00499. The van der Waals surface area contributed by atoms with Crippen molar-refractivity contribution in [2.75, 3.05) is 20.3 Å². The van der Waals surface area contributed by atoms with Crippen LogP contribution in [0.5, 0.6) is 5.75 Å². The predicted octanol–water partition coefficient (Wildman–Crippen LogP) is 3.68. The van der Waals surface area contributed by atoms with Crippen molar-refractivity contribution in [2.45, 2.75) is 25.7 Å². The molecular weight excluding hydrogens is 342 g/mol. The number of halogens is 1. The lowest BCUT2D eigenvalue weighted by atomic mass is 10.2. The smallest absolute Gasteiger partial charge is 0.330 e. The average Bonchev–Trinajstić information content (AvgIpc) is 2.62. The molecule has 1 amide bonds. The van der Waals surface area contributed by atoms with Crippen molar-refractivity contribution in [1.29, 1.82) is 0 Å². The van der Waals surface area contributed by atoms with Gasteiger partial charge in [0.1, 0.15) is 5.75 Å². The third-order valence-electron chi connectivity index (χ3n) is 3.38. The Kier molecular flexibility index (Phi) is 10.1. The molecule has 0 aromatic heterocycles. The number of unbranched alkanes of at least 4 members (excludes halogenated alkanes) is 3. The van der Waals surface area contributed by atoms with E-state index in [-0.39, 0.29) is 16.9 Å².